The Bertz CT molecular complexity index is 666. The number of fused-ring (bicyclic) bond motifs is 1. The Balaban J connectivity index is 1.17. The van der Waals surface area contributed by atoms with Crippen molar-refractivity contribution in [2.45, 2.75) is 70.8 Å². The Morgan fingerprint density at radius 3 is 2.04 bits per heavy atom. The molecule has 0 aromatic heterocycles. The minimum Gasteiger partial charge on any atom is -0.353 e. The summed E-state index contributed by atoms with van der Waals surface area (Å²) in [4.78, 5) is 39.1. The maximum absolute atomic E-state index is 12.7. The lowest BCUT2D eigenvalue weighted by molar-refractivity contribution is -0.140. The summed E-state index contributed by atoms with van der Waals surface area (Å²) in [5.41, 5.74) is 0.282. The summed E-state index contributed by atoms with van der Waals surface area (Å²) in [5.74, 6) is 2.00. The first-order chi connectivity index (χ1) is 13.4. The third-order valence-corrected chi connectivity index (χ3v) is 8.54. The number of carbonyl (C=O) groups excluding carboxylic acids is 3. The number of hydrogen-bond acceptors (Lipinski definition) is 3. The van der Waals surface area contributed by atoms with Gasteiger partial charge in [-0.1, -0.05) is 12.2 Å². The highest BCUT2D eigenvalue weighted by molar-refractivity contribution is 6.05. The monoisotopic (exact) mass is 384 g/mol. The van der Waals surface area contributed by atoms with Gasteiger partial charge in [-0.25, -0.2) is 0 Å². The second-order valence-electron chi connectivity index (χ2n) is 10.3. The number of amides is 3. The van der Waals surface area contributed by atoms with Crippen LogP contribution in [0.25, 0.3) is 0 Å². The van der Waals surface area contributed by atoms with Gasteiger partial charge >= 0.3 is 0 Å². The van der Waals surface area contributed by atoms with Gasteiger partial charge in [0.05, 0.1) is 11.8 Å². The van der Waals surface area contributed by atoms with Gasteiger partial charge in [-0.3, -0.25) is 19.3 Å². The van der Waals surface area contributed by atoms with Gasteiger partial charge in [0.15, 0.2) is 0 Å². The lowest BCUT2D eigenvalue weighted by Crippen LogP contribution is -2.56. The number of hydrogen-bond donors (Lipinski definition) is 1. The molecule has 1 N–H and O–H groups in total. The van der Waals surface area contributed by atoms with Gasteiger partial charge in [-0.2, -0.15) is 0 Å². The van der Waals surface area contributed by atoms with E-state index < -0.39 is 0 Å². The smallest absolute Gasteiger partial charge is 0.233 e. The molecule has 152 valence electrons. The van der Waals surface area contributed by atoms with Crippen molar-refractivity contribution in [1.82, 2.24) is 10.2 Å². The fraction of sp³-hybridized carbons (Fsp3) is 0.783. The maximum atomic E-state index is 12.7. The predicted molar refractivity (Wildman–Crippen MR) is 105 cm³/mol. The highest BCUT2D eigenvalue weighted by Crippen LogP contribution is 2.61. The first kappa shape index (κ1) is 18.4. The van der Waals surface area contributed by atoms with Crippen molar-refractivity contribution in [2.75, 3.05) is 6.54 Å². The molecule has 28 heavy (non-hydrogen) atoms. The zero-order chi connectivity index (χ0) is 19.5. The first-order valence-electron chi connectivity index (χ1n) is 11.2. The Labute approximate surface area is 167 Å². The molecule has 4 saturated carbocycles. The van der Waals surface area contributed by atoms with Crippen LogP contribution in [-0.4, -0.2) is 35.2 Å². The molecular formula is C23H32N2O3. The summed E-state index contributed by atoms with van der Waals surface area (Å²) in [6.45, 7) is 2.40. The van der Waals surface area contributed by atoms with Crippen LogP contribution in [0.5, 0.6) is 0 Å². The van der Waals surface area contributed by atoms with Gasteiger partial charge in [0.25, 0.3) is 0 Å². The molecule has 0 radical (unpaired) electrons. The van der Waals surface area contributed by atoms with E-state index in [2.05, 4.69) is 12.2 Å². The van der Waals surface area contributed by atoms with Crippen LogP contribution in [0, 0.1) is 35.0 Å². The SMILES string of the molecule is C[C@@H](NC(=O)CCN1C(=O)[C@H]2CC=CC[C@@H]2C1=O)C12CC3CC(CC(C3)C1)C2. The topological polar surface area (TPSA) is 66.5 Å². The summed E-state index contributed by atoms with van der Waals surface area (Å²) in [7, 11) is 0. The van der Waals surface area contributed by atoms with Crippen LogP contribution in [0.15, 0.2) is 12.2 Å². The number of carbonyl (C=O) groups is 3. The minimum atomic E-state index is -0.202. The molecule has 3 atom stereocenters. The molecule has 1 saturated heterocycles. The average Bonchev–Trinajstić information content (AvgIpc) is 2.90. The van der Waals surface area contributed by atoms with Crippen molar-refractivity contribution in [3.05, 3.63) is 12.2 Å². The van der Waals surface area contributed by atoms with Gasteiger partial charge in [-0.15, -0.1) is 0 Å². The molecule has 6 aliphatic rings. The normalized spacial score (nSPS) is 42.0. The van der Waals surface area contributed by atoms with E-state index in [1.54, 1.807) is 0 Å². The first-order valence-corrected chi connectivity index (χ1v) is 11.2. The summed E-state index contributed by atoms with van der Waals surface area (Å²) < 4.78 is 0. The van der Waals surface area contributed by atoms with Gasteiger partial charge in [0, 0.05) is 19.0 Å². The fourth-order valence-corrected chi connectivity index (χ4v) is 7.48. The van der Waals surface area contributed by atoms with E-state index >= 15 is 0 Å². The van der Waals surface area contributed by atoms with Gasteiger partial charge in [0.2, 0.25) is 17.7 Å². The highest BCUT2D eigenvalue weighted by Gasteiger charge is 2.53. The third kappa shape index (κ3) is 2.93. The van der Waals surface area contributed by atoms with Crippen LogP contribution < -0.4 is 5.32 Å². The number of imide groups is 1. The van der Waals surface area contributed by atoms with Crippen LogP contribution >= 0.6 is 0 Å². The van der Waals surface area contributed by atoms with Crippen molar-refractivity contribution < 1.29 is 14.4 Å². The zero-order valence-corrected chi connectivity index (χ0v) is 16.9. The van der Waals surface area contributed by atoms with Gasteiger partial charge in [0.1, 0.15) is 0 Å². The summed E-state index contributed by atoms with van der Waals surface area (Å²) in [5, 5.41) is 3.25. The summed E-state index contributed by atoms with van der Waals surface area (Å²) in [6.07, 6.45) is 13.5. The fourth-order valence-electron chi connectivity index (χ4n) is 7.48. The Morgan fingerprint density at radius 1 is 1.04 bits per heavy atom. The lowest BCUT2D eigenvalue weighted by atomic mass is 9.48. The molecule has 0 aromatic rings. The average molecular weight is 385 g/mol. The molecule has 5 heteroatoms. The summed E-state index contributed by atoms with van der Waals surface area (Å²) >= 11 is 0. The van der Waals surface area contributed by atoms with Crippen molar-refractivity contribution in [1.29, 1.82) is 0 Å². The zero-order valence-electron chi connectivity index (χ0n) is 16.9. The Kier molecular flexibility index (Phi) is 4.40. The Hall–Kier alpha value is -1.65. The van der Waals surface area contributed by atoms with E-state index in [0.29, 0.717) is 12.8 Å². The molecule has 1 heterocycles. The molecule has 0 aromatic carbocycles. The number of rotatable bonds is 5. The van der Waals surface area contributed by atoms with Crippen molar-refractivity contribution in [3.8, 4) is 0 Å². The van der Waals surface area contributed by atoms with Crippen LogP contribution in [-0.2, 0) is 14.4 Å². The molecule has 3 amide bonds. The maximum Gasteiger partial charge on any atom is 0.233 e. The lowest BCUT2D eigenvalue weighted by Gasteiger charge is -2.59. The van der Waals surface area contributed by atoms with E-state index in [9.17, 15) is 14.4 Å². The third-order valence-electron chi connectivity index (χ3n) is 8.54. The van der Waals surface area contributed by atoms with Crippen LogP contribution in [0.2, 0.25) is 0 Å². The van der Waals surface area contributed by atoms with E-state index in [4.69, 9.17) is 0 Å². The summed E-state index contributed by atoms with van der Waals surface area (Å²) in [6, 6.07) is 0.185. The minimum absolute atomic E-state index is 0.0168. The number of allylic oxidation sites excluding steroid dienone is 2. The van der Waals surface area contributed by atoms with Gasteiger partial charge in [-0.05, 0) is 81.5 Å². The standard InChI is InChI=1S/C23H32N2O3/c1-14(23-11-15-8-16(12-23)10-17(9-15)13-23)24-20(26)6-7-25-21(27)18-4-2-3-5-19(18)22(25)28/h2-3,14-19H,4-13H2,1H3,(H,24,26)/t14-,15?,16?,17?,18+,19+,23?/m1/s1. The van der Waals surface area contributed by atoms with Crippen LogP contribution in [0.4, 0.5) is 0 Å². The van der Waals surface area contributed by atoms with Crippen molar-refractivity contribution in [2.24, 2.45) is 35.0 Å². The second-order valence-corrected chi connectivity index (χ2v) is 10.3. The molecule has 5 nitrogen and oxygen atoms in total. The van der Waals surface area contributed by atoms with Crippen molar-refractivity contribution in [3.63, 3.8) is 0 Å². The van der Waals surface area contributed by atoms with Crippen molar-refractivity contribution >= 4 is 17.7 Å². The number of nitrogens with zero attached hydrogens (tertiary/aromatic N) is 1. The quantitative estimate of drug-likeness (QED) is 0.585. The predicted octanol–water partition coefficient (Wildman–Crippen LogP) is 3.05. The molecule has 4 bridgehead atoms. The molecule has 6 rings (SSSR count). The second kappa shape index (κ2) is 6.70. The Morgan fingerprint density at radius 2 is 1.54 bits per heavy atom. The molecule has 0 unspecified atom stereocenters. The van der Waals surface area contributed by atoms with E-state index in [-0.39, 0.29) is 54.0 Å². The van der Waals surface area contributed by atoms with Gasteiger partial charge < -0.3 is 5.32 Å². The largest absolute Gasteiger partial charge is 0.353 e. The van der Waals surface area contributed by atoms with Crippen LogP contribution in [0.1, 0.15) is 64.7 Å². The number of nitrogens with one attached hydrogen (secondary N) is 1. The van der Waals surface area contributed by atoms with Crippen LogP contribution in [0.3, 0.4) is 0 Å². The van der Waals surface area contributed by atoms with E-state index in [1.165, 1.54) is 43.4 Å². The van der Waals surface area contributed by atoms with E-state index in [1.807, 2.05) is 12.2 Å². The molecular weight excluding hydrogens is 352 g/mol. The molecule has 0 spiro atoms. The molecule has 5 aliphatic carbocycles. The number of likely N-dealkylation sites (tertiary alicyclic amines) is 1. The molecule has 1 aliphatic heterocycles. The highest BCUT2D eigenvalue weighted by atomic mass is 16.2. The van der Waals surface area contributed by atoms with E-state index in [0.717, 1.165) is 17.8 Å². The molecule has 5 fully saturated rings.